The van der Waals surface area contributed by atoms with Crippen LogP contribution in [-0.2, 0) is 0 Å². The molecule has 2 amide bonds. The number of benzene rings is 2. The maximum atomic E-state index is 12.2. The Hall–Kier alpha value is -4.20. The largest absolute Gasteiger partial charge is 0.487 e. The molecule has 0 saturated carbocycles. The number of carbonyl (C=O) groups excluding carboxylic acids is 1. The fourth-order valence-electron chi connectivity index (χ4n) is 3.22. The summed E-state index contributed by atoms with van der Waals surface area (Å²) in [7, 11) is 0. The van der Waals surface area contributed by atoms with E-state index in [1.54, 1.807) is 17.3 Å². The van der Waals surface area contributed by atoms with Gasteiger partial charge < -0.3 is 19.5 Å². The fraction of sp³-hybridized carbons (Fsp3) is 0.130. The first-order chi connectivity index (χ1) is 15.2. The molecule has 0 spiro atoms. The summed E-state index contributed by atoms with van der Waals surface area (Å²) in [6.45, 7) is 1.08. The molecule has 3 heterocycles. The highest BCUT2D eigenvalue weighted by Crippen LogP contribution is 2.25. The molecule has 0 aliphatic carbocycles. The van der Waals surface area contributed by atoms with Gasteiger partial charge in [-0.25, -0.2) is 4.79 Å². The van der Waals surface area contributed by atoms with Crippen molar-refractivity contribution in [2.75, 3.05) is 18.4 Å². The van der Waals surface area contributed by atoms with Crippen molar-refractivity contribution in [2.45, 2.75) is 6.10 Å². The summed E-state index contributed by atoms with van der Waals surface area (Å²) in [5, 5.41) is 6.91. The zero-order valence-electron chi connectivity index (χ0n) is 16.5. The van der Waals surface area contributed by atoms with Crippen LogP contribution in [0.5, 0.6) is 5.75 Å². The van der Waals surface area contributed by atoms with Crippen molar-refractivity contribution in [3.05, 3.63) is 79.1 Å². The van der Waals surface area contributed by atoms with Gasteiger partial charge in [-0.2, -0.15) is 4.98 Å². The third-order valence-corrected chi connectivity index (χ3v) is 4.91. The summed E-state index contributed by atoms with van der Waals surface area (Å²) in [6, 6.07) is 20.4. The maximum Gasteiger partial charge on any atom is 0.322 e. The zero-order valence-corrected chi connectivity index (χ0v) is 16.5. The van der Waals surface area contributed by atoms with E-state index in [1.807, 2.05) is 66.7 Å². The van der Waals surface area contributed by atoms with Crippen LogP contribution in [0.25, 0.3) is 22.8 Å². The smallest absolute Gasteiger partial charge is 0.322 e. The number of hydrogen-bond acceptors (Lipinski definition) is 6. The van der Waals surface area contributed by atoms with Crippen molar-refractivity contribution < 1.29 is 14.1 Å². The molecule has 8 heteroatoms. The van der Waals surface area contributed by atoms with Crippen molar-refractivity contribution in [3.8, 4) is 28.6 Å². The van der Waals surface area contributed by atoms with E-state index in [4.69, 9.17) is 9.26 Å². The van der Waals surface area contributed by atoms with Gasteiger partial charge in [-0.1, -0.05) is 23.4 Å². The Morgan fingerprint density at radius 1 is 1.00 bits per heavy atom. The number of nitrogens with one attached hydrogen (secondary N) is 1. The van der Waals surface area contributed by atoms with Crippen LogP contribution in [0, 0.1) is 0 Å². The van der Waals surface area contributed by atoms with Crippen LogP contribution in [0.15, 0.2) is 83.6 Å². The summed E-state index contributed by atoms with van der Waals surface area (Å²) in [5.41, 5.74) is 2.37. The molecule has 5 rings (SSSR count). The molecule has 4 aromatic rings. The van der Waals surface area contributed by atoms with Crippen LogP contribution >= 0.6 is 0 Å². The van der Waals surface area contributed by atoms with Crippen molar-refractivity contribution in [2.24, 2.45) is 0 Å². The summed E-state index contributed by atoms with van der Waals surface area (Å²) in [6.07, 6.45) is 3.34. The molecule has 0 radical (unpaired) electrons. The van der Waals surface area contributed by atoms with Gasteiger partial charge in [0, 0.05) is 23.6 Å². The minimum absolute atomic E-state index is 0.0327. The number of ether oxygens (including phenoxy) is 1. The average Bonchev–Trinajstić information content (AvgIpc) is 3.28. The van der Waals surface area contributed by atoms with Crippen LogP contribution in [0.1, 0.15) is 0 Å². The van der Waals surface area contributed by atoms with E-state index in [-0.39, 0.29) is 12.1 Å². The van der Waals surface area contributed by atoms with E-state index < -0.39 is 0 Å². The molecule has 0 atom stereocenters. The highest BCUT2D eigenvalue weighted by Gasteiger charge is 2.32. The number of aromatic nitrogens is 3. The van der Waals surface area contributed by atoms with E-state index in [0.29, 0.717) is 24.8 Å². The number of urea groups is 1. The molecule has 1 aliphatic heterocycles. The topological polar surface area (TPSA) is 93.4 Å². The van der Waals surface area contributed by atoms with Crippen LogP contribution in [0.2, 0.25) is 0 Å². The Bertz CT molecular complexity index is 1160. The average molecular weight is 413 g/mol. The number of amides is 2. The van der Waals surface area contributed by atoms with Crippen LogP contribution in [0.4, 0.5) is 10.5 Å². The van der Waals surface area contributed by atoms with Gasteiger partial charge in [0.05, 0.1) is 18.7 Å². The number of anilines is 1. The first kappa shape index (κ1) is 18.8. The quantitative estimate of drug-likeness (QED) is 0.530. The second-order valence-electron chi connectivity index (χ2n) is 7.13. The Morgan fingerprint density at radius 2 is 1.81 bits per heavy atom. The van der Waals surface area contributed by atoms with Gasteiger partial charge >= 0.3 is 6.03 Å². The zero-order chi connectivity index (χ0) is 21.0. The Labute approximate surface area is 178 Å². The number of pyridine rings is 1. The molecule has 8 nitrogen and oxygen atoms in total. The van der Waals surface area contributed by atoms with Crippen LogP contribution < -0.4 is 10.1 Å². The van der Waals surface area contributed by atoms with Crippen molar-refractivity contribution >= 4 is 11.7 Å². The van der Waals surface area contributed by atoms with Crippen molar-refractivity contribution in [1.82, 2.24) is 20.0 Å². The highest BCUT2D eigenvalue weighted by atomic mass is 16.5. The number of carbonyl (C=O) groups is 1. The molecule has 2 aromatic carbocycles. The van der Waals surface area contributed by atoms with E-state index in [1.165, 1.54) is 0 Å². The number of rotatable bonds is 5. The Kier molecular flexibility index (Phi) is 5.02. The standard InChI is InChI=1S/C23H19N5O3/c29-23(25-18-6-2-1-3-7-18)28-14-20(15-28)30-19-10-8-16(9-11-19)21-26-22(31-27-21)17-5-4-12-24-13-17/h1-13,20H,14-15H2,(H,25,29). The molecule has 1 saturated heterocycles. The van der Waals surface area contributed by atoms with Gasteiger partial charge in [-0.3, -0.25) is 4.98 Å². The summed E-state index contributed by atoms with van der Waals surface area (Å²) >= 11 is 0. The van der Waals surface area contributed by atoms with Gasteiger partial charge in [-0.15, -0.1) is 0 Å². The minimum Gasteiger partial charge on any atom is -0.487 e. The second kappa shape index (κ2) is 8.27. The third kappa shape index (κ3) is 4.23. The number of nitrogens with zero attached hydrogens (tertiary/aromatic N) is 4. The summed E-state index contributed by atoms with van der Waals surface area (Å²) < 4.78 is 11.3. The first-order valence-electron chi connectivity index (χ1n) is 9.87. The first-order valence-corrected chi connectivity index (χ1v) is 9.87. The van der Waals surface area contributed by atoms with Crippen LogP contribution in [-0.4, -0.2) is 45.2 Å². The van der Waals surface area contributed by atoms with E-state index in [9.17, 15) is 4.79 Å². The number of para-hydroxylation sites is 1. The molecule has 1 N–H and O–H groups in total. The number of hydrogen-bond donors (Lipinski definition) is 1. The van der Waals surface area contributed by atoms with E-state index in [0.717, 1.165) is 22.6 Å². The molecule has 154 valence electrons. The summed E-state index contributed by atoms with van der Waals surface area (Å²) in [5.74, 6) is 1.65. The molecule has 1 fully saturated rings. The molecule has 0 unspecified atom stereocenters. The molecule has 2 aromatic heterocycles. The molecular weight excluding hydrogens is 394 g/mol. The Balaban J connectivity index is 1.15. The van der Waals surface area contributed by atoms with E-state index >= 15 is 0 Å². The number of likely N-dealkylation sites (tertiary alicyclic amines) is 1. The second-order valence-corrected chi connectivity index (χ2v) is 7.13. The predicted octanol–water partition coefficient (Wildman–Crippen LogP) is 4.09. The molecule has 31 heavy (non-hydrogen) atoms. The van der Waals surface area contributed by atoms with Crippen molar-refractivity contribution in [1.29, 1.82) is 0 Å². The Morgan fingerprint density at radius 3 is 2.55 bits per heavy atom. The normalized spacial score (nSPS) is 13.5. The lowest BCUT2D eigenvalue weighted by atomic mass is 10.1. The lowest BCUT2D eigenvalue weighted by Gasteiger charge is -2.38. The molecular formula is C23H19N5O3. The minimum atomic E-state index is -0.122. The monoisotopic (exact) mass is 413 g/mol. The van der Waals surface area contributed by atoms with Crippen LogP contribution in [0.3, 0.4) is 0 Å². The summed E-state index contributed by atoms with van der Waals surface area (Å²) in [4.78, 5) is 22.4. The lowest BCUT2D eigenvalue weighted by Crippen LogP contribution is -2.57. The van der Waals surface area contributed by atoms with Gasteiger partial charge in [0.15, 0.2) is 0 Å². The van der Waals surface area contributed by atoms with Gasteiger partial charge in [0.25, 0.3) is 5.89 Å². The predicted molar refractivity (Wildman–Crippen MR) is 114 cm³/mol. The maximum absolute atomic E-state index is 12.2. The molecule has 0 bridgehead atoms. The fourth-order valence-corrected chi connectivity index (χ4v) is 3.22. The van der Waals surface area contributed by atoms with Gasteiger partial charge in [-0.05, 0) is 48.5 Å². The van der Waals surface area contributed by atoms with Gasteiger partial charge in [0.2, 0.25) is 5.82 Å². The SMILES string of the molecule is O=C(Nc1ccccc1)N1CC(Oc2ccc(-c3noc(-c4cccnc4)n3)cc2)C1. The third-order valence-electron chi connectivity index (χ3n) is 4.91. The van der Waals surface area contributed by atoms with Gasteiger partial charge in [0.1, 0.15) is 11.9 Å². The van der Waals surface area contributed by atoms with Crippen molar-refractivity contribution in [3.63, 3.8) is 0 Å². The highest BCUT2D eigenvalue weighted by molar-refractivity contribution is 5.89. The molecule has 1 aliphatic rings. The van der Waals surface area contributed by atoms with E-state index in [2.05, 4.69) is 20.4 Å². The lowest BCUT2D eigenvalue weighted by molar-refractivity contribution is 0.0493.